The molecule has 0 bridgehead atoms. The van der Waals surface area contributed by atoms with Crippen LogP contribution in [0.2, 0.25) is 0 Å². The molecule has 0 aliphatic carbocycles. The molecular formula is C4H9NO. The highest BCUT2D eigenvalue weighted by Gasteiger charge is 1.49. The predicted molar refractivity (Wildman–Crippen MR) is 24.0 cm³/mol. The highest BCUT2D eigenvalue weighted by atomic mass is 16.2. The van der Waals surface area contributed by atoms with E-state index in [9.17, 15) is 0 Å². The van der Waals surface area contributed by atoms with Crippen LogP contribution in [0.25, 0.3) is 0 Å². The summed E-state index contributed by atoms with van der Waals surface area (Å²) in [5, 5.41) is 14.6. The van der Waals surface area contributed by atoms with Crippen LogP contribution >= 0.6 is 0 Å². The summed E-state index contributed by atoms with van der Waals surface area (Å²) in [5.41, 5.74) is 0. The molecule has 0 radical (unpaired) electrons. The van der Waals surface area contributed by atoms with Crippen LogP contribution in [-0.4, -0.2) is 12.2 Å². The number of nitriles is 1. The number of aliphatic hydroxyl groups excluding tert-OH is 1. The van der Waals surface area contributed by atoms with Gasteiger partial charge >= 0.3 is 0 Å². The van der Waals surface area contributed by atoms with Crippen LogP contribution in [0.15, 0.2) is 0 Å². The van der Waals surface area contributed by atoms with E-state index in [2.05, 4.69) is 0 Å². The van der Waals surface area contributed by atoms with Gasteiger partial charge in [-0.05, 0) is 0 Å². The fourth-order valence-corrected chi connectivity index (χ4v) is 0. The molecule has 0 aliphatic heterocycles. The van der Waals surface area contributed by atoms with Crippen molar-refractivity contribution in [3.8, 4) is 6.07 Å². The van der Waals surface area contributed by atoms with Crippen LogP contribution < -0.4 is 0 Å². The van der Waals surface area contributed by atoms with Crippen molar-refractivity contribution < 1.29 is 5.11 Å². The summed E-state index contributed by atoms with van der Waals surface area (Å²) in [5.74, 6) is 0. The topological polar surface area (TPSA) is 44.0 Å². The number of aliphatic hydroxyl groups is 1. The molecular weight excluding hydrogens is 78.0 g/mol. The van der Waals surface area contributed by atoms with Crippen LogP contribution in [0.3, 0.4) is 0 Å². The summed E-state index contributed by atoms with van der Waals surface area (Å²) < 4.78 is 0. The summed E-state index contributed by atoms with van der Waals surface area (Å²) >= 11 is 0. The van der Waals surface area contributed by atoms with Gasteiger partial charge < -0.3 is 5.11 Å². The number of rotatable bonds is 0. The van der Waals surface area contributed by atoms with Gasteiger partial charge in [0.25, 0.3) is 0 Å². The Bertz CT molecular complexity index is 37.3. The van der Waals surface area contributed by atoms with Crippen molar-refractivity contribution in [1.82, 2.24) is 0 Å². The average molecular weight is 87.1 g/mol. The lowest BCUT2D eigenvalue weighted by Crippen LogP contribution is -1.38. The summed E-state index contributed by atoms with van der Waals surface area (Å²) in [6.45, 7) is 1.82. The molecule has 0 amide bonds. The lowest BCUT2D eigenvalue weighted by molar-refractivity contribution is 0.399. The van der Waals surface area contributed by atoms with Crippen LogP contribution in [0, 0.1) is 11.3 Å². The molecule has 0 saturated carbocycles. The summed E-state index contributed by atoms with van der Waals surface area (Å²) in [7, 11) is 1.00. The van der Waals surface area contributed by atoms with Crippen molar-refractivity contribution in [2.75, 3.05) is 7.11 Å². The van der Waals surface area contributed by atoms with E-state index in [0.29, 0.717) is 6.42 Å². The summed E-state index contributed by atoms with van der Waals surface area (Å²) in [6, 6.07) is 1.93. The molecule has 0 aromatic rings. The zero-order valence-electron chi connectivity index (χ0n) is 4.10. The quantitative estimate of drug-likeness (QED) is 0.468. The second kappa shape index (κ2) is 25.2. The van der Waals surface area contributed by atoms with Crippen molar-refractivity contribution in [3.05, 3.63) is 0 Å². The smallest absolute Gasteiger partial charge is 0.0618 e. The Balaban J connectivity index is 0. The molecule has 0 rings (SSSR count). The number of hydrogen-bond acceptors (Lipinski definition) is 2. The molecule has 6 heavy (non-hydrogen) atoms. The average Bonchev–Trinajstić information content (AvgIpc) is 1.72. The van der Waals surface area contributed by atoms with E-state index in [4.69, 9.17) is 10.4 Å². The molecule has 0 aromatic heterocycles. The largest absolute Gasteiger partial charge is 0.400 e. The van der Waals surface area contributed by atoms with Gasteiger partial charge in [-0.3, -0.25) is 0 Å². The Hall–Kier alpha value is -0.550. The van der Waals surface area contributed by atoms with E-state index in [1.807, 2.05) is 13.0 Å². The highest BCUT2D eigenvalue weighted by molar-refractivity contribution is 4.61. The third-order valence-corrected chi connectivity index (χ3v) is 0.158. The Morgan fingerprint density at radius 1 is 1.67 bits per heavy atom. The maximum absolute atomic E-state index is 7.62. The molecule has 0 aromatic carbocycles. The predicted octanol–water partition coefficient (Wildman–Crippen LogP) is 0.528. The lowest BCUT2D eigenvalue weighted by atomic mass is 10.6. The van der Waals surface area contributed by atoms with E-state index in [1.54, 1.807) is 0 Å². The minimum atomic E-state index is 0.625. The Morgan fingerprint density at radius 3 is 1.83 bits per heavy atom. The molecule has 0 atom stereocenters. The first kappa shape index (κ1) is 9.07. The lowest BCUT2D eigenvalue weighted by Gasteiger charge is -1.47. The fraction of sp³-hybridized carbons (Fsp3) is 0.750. The molecule has 0 saturated heterocycles. The van der Waals surface area contributed by atoms with Crippen LogP contribution in [0.1, 0.15) is 13.3 Å². The van der Waals surface area contributed by atoms with E-state index >= 15 is 0 Å². The van der Waals surface area contributed by atoms with Gasteiger partial charge in [-0.15, -0.1) is 0 Å². The van der Waals surface area contributed by atoms with Gasteiger partial charge in [-0.25, -0.2) is 0 Å². The molecule has 36 valence electrons. The molecule has 1 N–H and O–H groups in total. The van der Waals surface area contributed by atoms with Crippen LogP contribution in [0.4, 0.5) is 0 Å². The zero-order valence-corrected chi connectivity index (χ0v) is 4.10. The number of nitrogens with zero attached hydrogens (tertiary/aromatic N) is 1. The van der Waals surface area contributed by atoms with Gasteiger partial charge in [0.15, 0.2) is 0 Å². The van der Waals surface area contributed by atoms with Gasteiger partial charge in [-0.1, -0.05) is 6.92 Å². The zero-order chi connectivity index (χ0) is 5.41. The van der Waals surface area contributed by atoms with E-state index in [1.165, 1.54) is 0 Å². The molecule has 2 nitrogen and oxygen atoms in total. The minimum absolute atomic E-state index is 0.625. The van der Waals surface area contributed by atoms with Gasteiger partial charge in [-0.2, -0.15) is 5.26 Å². The van der Waals surface area contributed by atoms with Crippen molar-refractivity contribution in [1.29, 1.82) is 5.26 Å². The normalized spacial score (nSPS) is 4.33. The molecule has 0 aliphatic rings. The van der Waals surface area contributed by atoms with Gasteiger partial charge in [0.2, 0.25) is 0 Å². The van der Waals surface area contributed by atoms with Crippen LogP contribution in [-0.2, 0) is 0 Å². The van der Waals surface area contributed by atoms with Gasteiger partial charge in [0, 0.05) is 13.5 Å². The SMILES string of the molecule is CCC#N.CO. The fourth-order valence-electron chi connectivity index (χ4n) is 0. The summed E-state index contributed by atoms with van der Waals surface area (Å²) in [4.78, 5) is 0. The Labute approximate surface area is 38.0 Å². The summed E-state index contributed by atoms with van der Waals surface area (Å²) in [6.07, 6.45) is 0.625. The van der Waals surface area contributed by atoms with E-state index in [0.717, 1.165) is 7.11 Å². The maximum atomic E-state index is 7.62. The monoisotopic (exact) mass is 87.1 g/mol. The first-order valence-electron chi connectivity index (χ1n) is 1.73. The van der Waals surface area contributed by atoms with Crippen LogP contribution in [0.5, 0.6) is 0 Å². The van der Waals surface area contributed by atoms with Crippen molar-refractivity contribution in [2.45, 2.75) is 13.3 Å². The number of hydrogen-bond donors (Lipinski definition) is 1. The molecule has 0 fully saturated rings. The first-order valence-corrected chi connectivity index (χ1v) is 1.73. The third-order valence-electron chi connectivity index (χ3n) is 0.158. The Kier molecular flexibility index (Phi) is 38.1. The second-order valence-corrected chi connectivity index (χ2v) is 0.512. The van der Waals surface area contributed by atoms with Crippen molar-refractivity contribution in [2.24, 2.45) is 0 Å². The molecule has 0 heterocycles. The first-order chi connectivity index (χ1) is 2.91. The maximum Gasteiger partial charge on any atom is 0.0618 e. The molecule has 0 unspecified atom stereocenters. The van der Waals surface area contributed by atoms with Crippen molar-refractivity contribution in [3.63, 3.8) is 0 Å². The minimum Gasteiger partial charge on any atom is -0.400 e. The third kappa shape index (κ3) is 102. The molecule has 0 spiro atoms. The van der Waals surface area contributed by atoms with Gasteiger partial charge in [0.1, 0.15) is 0 Å². The standard InChI is InChI=1S/C3H5N.CH4O/c1-2-3-4;1-2/h2H2,1H3;2H,1H3. The van der Waals surface area contributed by atoms with Crippen molar-refractivity contribution >= 4 is 0 Å². The molecule has 2 heteroatoms. The van der Waals surface area contributed by atoms with E-state index in [-0.39, 0.29) is 0 Å². The van der Waals surface area contributed by atoms with E-state index < -0.39 is 0 Å². The highest BCUT2D eigenvalue weighted by Crippen LogP contribution is 1.58. The Morgan fingerprint density at radius 2 is 1.83 bits per heavy atom. The second-order valence-electron chi connectivity index (χ2n) is 0.512. The van der Waals surface area contributed by atoms with Gasteiger partial charge in [0.05, 0.1) is 6.07 Å².